The molecule has 100 valence electrons. The van der Waals surface area contributed by atoms with E-state index in [9.17, 15) is 4.79 Å². The Bertz CT molecular complexity index is 548. The molecular formula is C13H14N2O4. The molecule has 2 rings (SSSR count). The third-order valence-electron chi connectivity index (χ3n) is 2.43. The largest absolute Gasteiger partial charge is 0.497 e. The lowest BCUT2D eigenvalue weighted by atomic mass is 10.2. The Balaban J connectivity index is 1.90. The van der Waals surface area contributed by atoms with E-state index in [2.05, 4.69) is 5.16 Å². The van der Waals surface area contributed by atoms with Gasteiger partial charge < -0.3 is 19.7 Å². The fourth-order valence-corrected chi connectivity index (χ4v) is 1.50. The summed E-state index contributed by atoms with van der Waals surface area (Å²) in [6.45, 7) is 0.354. The maximum absolute atomic E-state index is 10.7. The Morgan fingerprint density at radius 3 is 2.74 bits per heavy atom. The zero-order valence-corrected chi connectivity index (χ0v) is 10.5. The number of aromatic nitrogens is 1. The average Bonchev–Trinajstić information content (AvgIpc) is 2.84. The van der Waals surface area contributed by atoms with Crippen LogP contribution >= 0.6 is 0 Å². The second-order valence-corrected chi connectivity index (χ2v) is 3.91. The van der Waals surface area contributed by atoms with Gasteiger partial charge in [0.15, 0.2) is 0 Å². The van der Waals surface area contributed by atoms with Crippen LogP contribution in [0.2, 0.25) is 0 Å². The lowest BCUT2D eigenvalue weighted by Crippen LogP contribution is -2.12. The first-order valence-electron chi connectivity index (χ1n) is 5.67. The molecule has 0 spiro atoms. The molecule has 0 unspecified atom stereocenters. The molecule has 0 saturated carbocycles. The van der Waals surface area contributed by atoms with Crippen LogP contribution in [0.5, 0.6) is 11.6 Å². The van der Waals surface area contributed by atoms with Gasteiger partial charge in [-0.2, -0.15) is 0 Å². The highest BCUT2D eigenvalue weighted by Crippen LogP contribution is 2.15. The standard InChI is InChI=1S/C13H14N2O4/c1-17-10-4-2-9(3-5-10)8-18-13-7-11(19-15-13)6-12(14)16/h2-5,7H,6,8H2,1H3,(H2,14,16). The molecule has 0 aliphatic rings. The summed E-state index contributed by atoms with van der Waals surface area (Å²) >= 11 is 0. The maximum Gasteiger partial charge on any atom is 0.254 e. The van der Waals surface area contributed by atoms with Gasteiger partial charge in [0.1, 0.15) is 18.1 Å². The predicted molar refractivity (Wildman–Crippen MR) is 66.7 cm³/mol. The number of hydrogen-bond donors (Lipinski definition) is 1. The number of methoxy groups -OCH3 is 1. The number of ether oxygens (including phenoxy) is 2. The maximum atomic E-state index is 10.7. The summed E-state index contributed by atoms with van der Waals surface area (Å²) in [4.78, 5) is 10.7. The minimum Gasteiger partial charge on any atom is -0.497 e. The van der Waals surface area contributed by atoms with E-state index in [4.69, 9.17) is 19.7 Å². The van der Waals surface area contributed by atoms with E-state index in [1.165, 1.54) is 0 Å². The van der Waals surface area contributed by atoms with Gasteiger partial charge in [-0.05, 0) is 22.9 Å². The van der Waals surface area contributed by atoms with Crippen molar-refractivity contribution in [3.8, 4) is 11.6 Å². The first-order chi connectivity index (χ1) is 9.17. The van der Waals surface area contributed by atoms with E-state index in [0.717, 1.165) is 11.3 Å². The summed E-state index contributed by atoms with van der Waals surface area (Å²) in [5.74, 6) is 1.02. The normalized spacial score (nSPS) is 10.2. The van der Waals surface area contributed by atoms with Crippen molar-refractivity contribution in [3.05, 3.63) is 41.7 Å². The molecule has 0 radical (unpaired) electrons. The van der Waals surface area contributed by atoms with Gasteiger partial charge in [0.05, 0.1) is 13.5 Å². The Kier molecular flexibility index (Phi) is 4.02. The topological polar surface area (TPSA) is 87.6 Å². The predicted octanol–water partition coefficient (Wildman–Crippen LogP) is 1.29. The fraction of sp³-hybridized carbons (Fsp3) is 0.231. The number of amides is 1. The molecule has 6 heteroatoms. The summed E-state index contributed by atoms with van der Waals surface area (Å²) < 4.78 is 15.4. The summed E-state index contributed by atoms with van der Waals surface area (Å²) in [6.07, 6.45) is 0.0128. The summed E-state index contributed by atoms with van der Waals surface area (Å²) in [5, 5.41) is 3.69. The highest BCUT2D eigenvalue weighted by Gasteiger charge is 2.07. The van der Waals surface area contributed by atoms with Crippen molar-refractivity contribution in [2.75, 3.05) is 7.11 Å². The second-order valence-electron chi connectivity index (χ2n) is 3.91. The minimum absolute atomic E-state index is 0.0128. The molecule has 6 nitrogen and oxygen atoms in total. The van der Waals surface area contributed by atoms with E-state index in [1.54, 1.807) is 13.2 Å². The number of nitrogens with two attached hydrogens (primary N) is 1. The number of primary amides is 1. The quantitative estimate of drug-likeness (QED) is 0.847. The Morgan fingerprint density at radius 2 is 2.11 bits per heavy atom. The first kappa shape index (κ1) is 12.9. The number of carbonyl (C=O) groups is 1. The smallest absolute Gasteiger partial charge is 0.254 e. The zero-order valence-electron chi connectivity index (χ0n) is 10.5. The molecule has 2 N–H and O–H groups in total. The van der Waals surface area contributed by atoms with Crippen LogP contribution in [0.4, 0.5) is 0 Å². The van der Waals surface area contributed by atoms with Crippen LogP contribution in [0.3, 0.4) is 0 Å². The monoisotopic (exact) mass is 262 g/mol. The molecule has 1 heterocycles. The molecule has 0 aliphatic heterocycles. The molecule has 1 aromatic heterocycles. The molecule has 0 fully saturated rings. The van der Waals surface area contributed by atoms with Crippen LogP contribution < -0.4 is 15.2 Å². The lowest BCUT2D eigenvalue weighted by Gasteiger charge is -2.03. The van der Waals surface area contributed by atoms with Gasteiger partial charge in [-0.1, -0.05) is 12.1 Å². The van der Waals surface area contributed by atoms with E-state index in [1.807, 2.05) is 24.3 Å². The highest BCUT2D eigenvalue weighted by molar-refractivity contribution is 5.75. The van der Waals surface area contributed by atoms with Crippen molar-refractivity contribution in [1.29, 1.82) is 0 Å². The van der Waals surface area contributed by atoms with Gasteiger partial charge in [-0.3, -0.25) is 4.79 Å². The Hall–Kier alpha value is -2.50. The van der Waals surface area contributed by atoms with Crippen molar-refractivity contribution in [2.24, 2.45) is 5.73 Å². The Morgan fingerprint density at radius 1 is 1.37 bits per heavy atom. The number of hydrogen-bond acceptors (Lipinski definition) is 5. The average molecular weight is 262 g/mol. The Labute approximate surface area is 110 Å². The zero-order chi connectivity index (χ0) is 13.7. The van der Waals surface area contributed by atoms with Crippen LogP contribution in [0, 0.1) is 0 Å². The lowest BCUT2D eigenvalue weighted by molar-refractivity contribution is -0.117. The second kappa shape index (κ2) is 5.90. The van der Waals surface area contributed by atoms with Crippen molar-refractivity contribution in [2.45, 2.75) is 13.0 Å². The molecule has 19 heavy (non-hydrogen) atoms. The van der Waals surface area contributed by atoms with Crippen molar-refractivity contribution >= 4 is 5.91 Å². The number of benzene rings is 1. The van der Waals surface area contributed by atoms with Crippen molar-refractivity contribution in [3.63, 3.8) is 0 Å². The van der Waals surface area contributed by atoms with Crippen LogP contribution in [0.25, 0.3) is 0 Å². The van der Waals surface area contributed by atoms with Gasteiger partial charge in [-0.15, -0.1) is 0 Å². The molecule has 2 aromatic rings. The minimum atomic E-state index is -0.474. The molecular weight excluding hydrogens is 248 g/mol. The third kappa shape index (κ3) is 3.74. The summed E-state index contributed by atoms with van der Waals surface area (Å²) in [7, 11) is 1.61. The van der Waals surface area contributed by atoms with Crippen LogP contribution in [-0.2, 0) is 17.8 Å². The fourth-order valence-electron chi connectivity index (χ4n) is 1.50. The third-order valence-corrected chi connectivity index (χ3v) is 2.43. The van der Waals surface area contributed by atoms with E-state index >= 15 is 0 Å². The van der Waals surface area contributed by atoms with E-state index in [-0.39, 0.29) is 6.42 Å². The van der Waals surface area contributed by atoms with Gasteiger partial charge in [0, 0.05) is 6.07 Å². The van der Waals surface area contributed by atoms with Crippen LogP contribution in [0.15, 0.2) is 34.9 Å². The summed E-state index contributed by atoms with van der Waals surface area (Å²) in [5.41, 5.74) is 6.02. The van der Waals surface area contributed by atoms with Crippen molar-refractivity contribution in [1.82, 2.24) is 5.16 Å². The first-order valence-corrected chi connectivity index (χ1v) is 5.67. The number of rotatable bonds is 6. The van der Waals surface area contributed by atoms with Gasteiger partial charge in [0.25, 0.3) is 5.88 Å². The molecule has 0 saturated heterocycles. The molecule has 0 atom stereocenters. The molecule has 1 amide bonds. The van der Waals surface area contributed by atoms with E-state index < -0.39 is 5.91 Å². The van der Waals surface area contributed by atoms with Gasteiger partial charge >= 0.3 is 0 Å². The van der Waals surface area contributed by atoms with Crippen LogP contribution in [0.1, 0.15) is 11.3 Å². The van der Waals surface area contributed by atoms with Crippen molar-refractivity contribution < 1.29 is 18.8 Å². The SMILES string of the molecule is COc1ccc(COc2cc(CC(N)=O)on2)cc1. The van der Waals surface area contributed by atoms with Crippen LogP contribution in [-0.4, -0.2) is 18.2 Å². The summed E-state index contributed by atoms with van der Waals surface area (Å²) in [6, 6.07) is 9.03. The number of carbonyl (C=O) groups excluding carboxylic acids is 1. The van der Waals surface area contributed by atoms with E-state index in [0.29, 0.717) is 18.2 Å². The molecule has 0 bridgehead atoms. The van der Waals surface area contributed by atoms with Gasteiger partial charge in [0.2, 0.25) is 5.91 Å². The molecule has 0 aliphatic carbocycles. The highest BCUT2D eigenvalue weighted by atomic mass is 16.5. The van der Waals surface area contributed by atoms with Gasteiger partial charge in [-0.25, -0.2) is 0 Å². The molecule has 1 aromatic carbocycles. The number of nitrogens with zero attached hydrogens (tertiary/aromatic N) is 1.